The minimum Gasteiger partial charge on any atom is -0.495 e. The zero-order chi connectivity index (χ0) is 13.2. The fourth-order valence-corrected chi connectivity index (χ4v) is 2.39. The molecule has 0 saturated heterocycles. The van der Waals surface area contributed by atoms with Crippen molar-refractivity contribution in [3.05, 3.63) is 35.9 Å². The van der Waals surface area contributed by atoms with Crippen LogP contribution in [-0.4, -0.2) is 33.3 Å². The largest absolute Gasteiger partial charge is 0.495 e. The third-order valence-corrected chi connectivity index (χ3v) is 3.42. The van der Waals surface area contributed by atoms with E-state index >= 15 is 0 Å². The van der Waals surface area contributed by atoms with Crippen LogP contribution < -0.4 is 10.5 Å². The van der Waals surface area contributed by atoms with Crippen molar-refractivity contribution in [2.75, 3.05) is 19.4 Å². The Morgan fingerprint density at radius 2 is 2.26 bits per heavy atom. The van der Waals surface area contributed by atoms with Crippen LogP contribution in [0.25, 0.3) is 0 Å². The maximum atomic E-state index is 5.93. The summed E-state index contributed by atoms with van der Waals surface area (Å²) in [5.74, 6) is 1.75. The van der Waals surface area contributed by atoms with E-state index in [9.17, 15) is 0 Å². The van der Waals surface area contributed by atoms with Gasteiger partial charge in [-0.2, -0.15) is 0 Å². The van der Waals surface area contributed by atoms with Gasteiger partial charge in [0.05, 0.1) is 19.3 Å². The molecule has 0 saturated carbocycles. The van der Waals surface area contributed by atoms with E-state index in [1.54, 1.807) is 13.4 Å². The smallest absolute Gasteiger partial charge is 0.147 e. The minimum absolute atomic E-state index is 0.681. The fraction of sp³-hybridized carbons (Fsp3) is 0.385. The second-order valence-corrected chi connectivity index (χ2v) is 4.73. The van der Waals surface area contributed by atoms with Crippen molar-refractivity contribution in [2.24, 2.45) is 0 Å². The van der Waals surface area contributed by atoms with Crippen molar-refractivity contribution < 1.29 is 4.74 Å². The molecule has 0 aliphatic carbocycles. The van der Waals surface area contributed by atoms with Gasteiger partial charge in [0.25, 0.3) is 0 Å². The zero-order valence-corrected chi connectivity index (χ0v) is 10.9. The number of nitrogens with two attached hydrogens (primary N) is 1. The minimum atomic E-state index is 0.681. The van der Waals surface area contributed by atoms with E-state index in [2.05, 4.69) is 25.7 Å². The lowest BCUT2D eigenvalue weighted by Crippen LogP contribution is -2.33. The molecule has 0 atom stereocenters. The van der Waals surface area contributed by atoms with E-state index in [0.29, 0.717) is 5.69 Å². The van der Waals surface area contributed by atoms with Gasteiger partial charge in [-0.15, -0.1) is 10.2 Å². The average Bonchev–Trinajstić information content (AvgIpc) is 2.86. The Morgan fingerprint density at radius 1 is 1.37 bits per heavy atom. The van der Waals surface area contributed by atoms with Crippen LogP contribution >= 0.6 is 0 Å². The molecule has 2 aromatic rings. The summed E-state index contributed by atoms with van der Waals surface area (Å²) in [6, 6.07) is 5.93. The van der Waals surface area contributed by atoms with E-state index in [1.807, 2.05) is 12.1 Å². The number of nitrogens with zero attached hydrogens (tertiary/aromatic N) is 4. The second kappa shape index (κ2) is 4.89. The summed E-state index contributed by atoms with van der Waals surface area (Å²) in [4.78, 5) is 2.34. The van der Waals surface area contributed by atoms with Crippen molar-refractivity contribution in [1.82, 2.24) is 19.7 Å². The number of hydrogen-bond donors (Lipinski definition) is 1. The Balaban J connectivity index is 1.71. The first-order valence-corrected chi connectivity index (χ1v) is 6.27. The molecule has 2 N–H and O–H groups in total. The van der Waals surface area contributed by atoms with Gasteiger partial charge in [-0.3, -0.25) is 4.90 Å². The molecule has 1 aliphatic heterocycles. The van der Waals surface area contributed by atoms with Crippen LogP contribution in [0, 0.1) is 0 Å². The number of hydrogen-bond acceptors (Lipinski definition) is 5. The van der Waals surface area contributed by atoms with Crippen molar-refractivity contribution in [2.45, 2.75) is 19.6 Å². The highest BCUT2D eigenvalue weighted by Gasteiger charge is 2.17. The van der Waals surface area contributed by atoms with E-state index in [0.717, 1.165) is 37.8 Å². The summed E-state index contributed by atoms with van der Waals surface area (Å²) >= 11 is 0. The monoisotopic (exact) mass is 259 g/mol. The Morgan fingerprint density at radius 3 is 3.05 bits per heavy atom. The Bertz CT molecular complexity index is 580. The van der Waals surface area contributed by atoms with Crippen LogP contribution in [0.15, 0.2) is 24.5 Å². The van der Waals surface area contributed by atoms with Crippen LogP contribution in [0.2, 0.25) is 0 Å². The first-order chi connectivity index (χ1) is 9.26. The van der Waals surface area contributed by atoms with Crippen molar-refractivity contribution in [1.29, 1.82) is 0 Å². The molecule has 0 bridgehead atoms. The zero-order valence-electron chi connectivity index (χ0n) is 10.9. The topological polar surface area (TPSA) is 69.2 Å². The van der Waals surface area contributed by atoms with Gasteiger partial charge in [-0.25, -0.2) is 0 Å². The number of benzene rings is 1. The first kappa shape index (κ1) is 12.0. The number of nitrogen functional groups attached to an aromatic ring is 1. The molecule has 19 heavy (non-hydrogen) atoms. The lowest BCUT2D eigenvalue weighted by molar-refractivity contribution is 0.209. The molecule has 3 rings (SSSR count). The van der Waals surface area contributed by atoms with E-state index in [4.69, 9.17) is 10.5 Å². The number of methoxy groups -OCH3 is 1. The molecular weight excluding hydrogens is 242 g/mol. The van der Waals surface area contributed by atoms with Gasteiger partial charge < -0.3 is 15.0 Å². The van der Waals surface area contributed by atoms with Crippen molar-refractivity contribution in [3.8, 4) is 5.75 Å². The third-order valence-electron chi connectivity index (χ3n) is 3.42. The molecule has 1 aromatic carbocycles. The van der Waals surface area contributed by atoms with E-state index in [-0.39, 0.29) is 0 Å². The number of ether oxygens (including phenoxy) is 1. The van der Waals surface area contributed by atoms with E-state index in [1.165, 1.54) is 5.56 Å². The Kier molecular flexibility index (Phi) is 3.08. The molecule has 0 fully saturated rings. The van der Waals surface area contributed by atoms with Gasteiger partial charge in [0, 0.05) is 19.6 Å². The lowest BCUT2D eigenvalue weighted by Gasteiger charge is -2.27. The molecule has 1 aliphatic rings. The summed E-state index contributed by atoms with van der Waals surface area (Å²) < 4.78 is 7.26. The van der Waals surface area contributed by atoms with Crippen LogP contribution in [0.1, 0.15) is 11.4 Å². The standard InChI is InChI=1S/C13H17N5O/c1-19-12-3-2-10(6-11(12)14)7-17-4-5-18-9-15-16-13(18)8-17/h2-3,6,9H,4-5,7-8,14H2,1H3. The van der Waals surface area contributed by atoms with Crippen LogP contribution in [-0.2, 0) is 19.6 Å². The average molecular weight is 259 g/mol. The SMILES string of the molecule is COc1ccc(CN2CCn3cnnc3C2)cc1N. The molecule has 0 amide bonds. The predicted octanol–water partition coefficient (Wildman–Crippen LogP) is 0.885. The number of anilines is 1. The summed E-state index contributed by atoms with van der Waals surface area (Å²) in [7, 11) is 1.63. The highest BCUT2D eigenvalue weighted by atomic mass is 16.5. The summed E-state index contributed by atoms with van der Waals surface area (Å²) in [6.07, 6.45) is 1.79. The van der Waals surface area contributed by atoms with E-state index < -0.39 is 0 Å². The molecular formula is C13H17N5O. The Hall–Kier alpha value is -2.08. The third kappa shape index (κ3) is 2.39. The predicted molar refractivity (Wildman–Crippen MR) is 71.5 cm³/mol. The molecule has 6 heteroatoms. The van der Waals surface area contributed by atoms with Gasteiger partial charge in [0.1, 0.15) is 17.9 Å². The maximum absolute atomic E-state index is 5.93. The van der Waals surface area contributed by atoms with Crippen LogP contribution in [0.5, 0.6) is 5.75 Å². The van der Waals surface area contributed by atoms with Gasteiger partial charge in [-0.05, 0) is 17.7 Å². The molecule has 0 unspecified atom stereocenters. The second-order valence-electron chi connectivity index (χ2n) is 4.73. The summed E-state index contributed by atoms with van der Waals surface area (Å²) in [5, 5.41) is 8.05. The molecule has 6 nitrogen and oxygen atoms in total. The normalized spacial score (nSPS) is 15.2. The summed E-state index contributed by atoms with van der Waals surface area (Å²) in [5.41, 5.74) is 7.79. The van der Waals surface area contributed by atoms with Crippen LogP contribution in [0.4, 0.5) is 5.69 Å². The highest BCUT2D eigenvalue weighted by molar-refractivity contribution is 5.54. The Labute approximate surface area is 111 Å². The van der Waals surface area contributed by atoms with Crippen molar-refractivity contribution >= 4 is 5.69 Å². The van der Waals surface area contributed by atoms with Gasteiger partial charge in [0.15, 0.2) is 0 Å². The molecule has 100 valence electrons. The maximum Gasteiger partial charge on any atom is 0.147 e. The van der Waals surface area contributed by atoms with Gasteiger partial charge >= 0.3 is 0 Å². The van der Waals surface area contributed by atoms with Gasteiger partial charge in [-0.1, -0.05) is 6.07 Å². The summed E-state index contributed by atoms with van der Waals surface area (Å²) in [6.45, 7) is 3.62. The fourth-order valence-electron chi connectivity index (χ4n) is 2.39. The molecule has 0 radical (unpaired) electrons. The van der Waals surface area contributed by atoms with Crippen molar-refractivity contribution in [3.63, 3.8) is 0 Å². The quantitative estimate of drug-likeness (QED) is 0.829. The number of fused-ring (bicyclic) bond motifs is 1. The first-order valence-electron chi connectivity index (χ1n) is 6.27. The molecule has 2 heterocycles. The molecule has 0 spiro atoms. The highest BCUT2D eigenvalue weighted by Crippen LogP contribution is 2.23. The number of aromatic nitrogens is 3. The molecule has 1 aromatic heterocycles. The lowest BCUT2D eigenvalue weighted by atomic mass is 10.1. The van der Waals surface area contributed by atoms with Gasteiger partial charge in [0.2, 0.25) is 0 Å². The number of rotatable bonds is 3. The van der Waals surface area contributed by atoms with Crippen LogP contribution in [0.3, 0.4) is 0 Å².